The topological polar surface area (TPSA) is 47.6 Å². The predicted molar refractivity (Wildman–Crippen MR) is 104 cm³/mol. The molecule has 0 aliphatic carbocycles. The summed E-state index contributed by atoms with van der Waals surface area (Å²) < 4.78 is 11.4. The number of methoxy groups -OCH3 is 2. The standard InChI is InChI=1S/C19H19BrClNO3/c1-12(14-5-7-15(20)8-6-14)22-18(23)9-4-13-10-16(21)19(25-3)17(11-13)24-2/h4-12H,1-3H3,(H,22,23)/b9-4+. The van der Waals surface area contributed by atoms with Crippen LogP contribution in [0.2, 0.25) is 5.02 Å². The monoisotopic (exact) mass is 423 g/mol. The summed E-state index contributed by atoms with van der Waals surface area (Å²) in [7, 11) is 3.06. The molecule has 0 saturated carbocycles. The predicted octanol–water partition coefficient (Wildman–Crippen LogP) is 5.01. The van der Waals surface area contributed by atoms with Crippen LogP contribution in [0.1, 0.15) is 24.1 Å². The largest absolute Gasteiger partial charge is 0.493 e. The number of rotatable bonds is 6. The normalized spacial score (nSPS) is 12.0. The van der Waals surface area contributed by atoms with E-state index in [-0.39, 0.29) is 11.9 Å². The average molecular weight is 425 g/mol. The summed E-state index contributed by atoms with van der Waals surface area (Å²) in [6.07, 6.45) is 3.14. The van der Waals surface area contributed by atoms with Crippen LogP contribution in [0.5, 0.6) is 11.5 Å². The summed E-state index contributed by atoms with van der Waals surface area (Å²) in [6.45, 7) is 1.93. The molecule has 132 valence electrons. The molecule has 0 aliphatic heterocycles. The number of amides is 1. The van der Waals surface area contributed by atoms with Crippen LogP contribution in [0.15, 0.2) is 46.9 Å². The molecule has 1 N–H and O–H groups in total. The molecule has 25 heavy (non-hydrogen) atoms. The third-order valence-electron chi connectivity index (χ3n) is 3.61. The number of halogens is 2. The van der Waals surface area contributed by atoms with Crippen molar-refractivity contribution in [3.8, 4) is 11.5 Å². The van der Waals surface area contributed by atoms with E-state index in [1.807, 2.05) is 31.2 Å². The molecule has 2 aromatic rings. The van der Waals surface area contributed by atoms with E-state index < -0.39 is 0 Å². The Morgan fingerprint density at radius 2 is 1.88 bits per heavy atom. The van der Waals surface area contributed by atoms with Crippen LogP contribution in [0.4, 0.5) is 0 Å². The van der Waals surface area contributed by atoms with Crippen LogP contribution in [-0.4, -0.2) is 20.1 Å². The SMILES string of the molecule is COc1cc(/C=C/C(=O)NC(C)c2ccc(Br)cc2)cc(Cl)c1OC. The molecule has 0 bridgehead atoms. The van der Waals surface area contributed by atoms with Gasteiger partial charge in [-0.05, 0) is 48.4 Å². The molecular formula is C19H19BrClNO3. The summed E-state index contributed by atoms with van der Waals surface area (Å²) in [4.78, 5) is 12.1. The van der Waals surface area contributed by atoms with E-state index in [4.69, 9.17) is 21.1 Å². The fourth-order valence-corrected chi connectivity index (χ4v) is 2.86. The Hall–Kier alpha value is -1.98. The van der Waals surface area contributed by atoms with Gasteiger partial charge in [-0.15, -0.1) is 0 Å². The first kappa shape index (κ1) is 19.3. The van der Waals surface area contributed by atoms with Crippen LogP contribution in [0.3, 0.4) is 0 Å². The van der Waals surface area contributed by atoms with Crippen molar-refractivity contribution in [3.63, 3.8) is 0 Å². The van der Waals surface area contributed by atoms with Crippen LogP contribution in [0.25, 0.3) is 6.08 Å². The first-order chi connectivity index (χ1) is 11.9. The third kappa shape index (κ3) is 5.25. The van der Waals surface area contributed by atoms with Gasteiger partial charge in [0.1, 0.15) is 0 Å². The lowest BCUT2D eigenvalue weighted by Gasteiger charge is -2.13. The molecule has 1 atom stereocenters. The van der Waals surface area contributed by atoms with Gasteiger partial charge in [0.2, 0.25) is 5.91 Å². The number of ether oxygens (including phenoxy) is 2. The minimum absolute atomic E-state index is 0.0979. The van der Waals surface area contributed by atoms with Gasteiger partial charge < -0.3 is 14.8 Å². The smallest absolute Gasteiger partial charge is 0.244 e. The van der Waals surface area contributed by atoms with E-state index in [9.17, 15) is 4.79 Å². The number of carbonyl (C=O) groups is 1. The Labute approximate surface area is 160 Å². The molecule has 0 aliphatic rings. The molecule has 0 heterocycles. The second kappa shape index (κ2) is 8.92. The van der Waals surface area contributed by atoms with Gasteiger partial charge in [-0.1, -0.05) is 39.7 Å². The first-order valence-electron chi connectivity index (χ1n) is 7.60. The van der Waals surface area contributed by atoms with Gasteiger partial charge >= 0.3 is 0 Å². The number of nitrogens with one attached hydrogen (secondary N) is 1. The molecule has 2 rings (SSSR count). The summed E-state index contributed by atoms with van der Waals surface area (Å²) >= 11 is 9.56. The highest BCUT2D eigenvalue weighted by atomic mass is 79.9. The lowest BCUT2D eigenvalue weighted by atomic mass is 10.1. The fourth-order valence-electron chi connectivity index (χ4n) is 2.30. The number of hydrogen-bond acceptors (Lipinski definition) is 3. The maximum absolute atomic E-state index is 12.1. The van der Waals surface area contributed by atoms with Crippen molar-refractivity contribution in [1.82, 2.24) is 5.32 Å². The van der Waals surface area contributed by atoms with Crippen molar-refractivity contribution in [2.45, 2.75) is 13.0 Å². The molecular weight excluding hydrogens is 406 g/mol. The molecule has 6 heteroatoms. The highest BCUT2D eigenvalue weighted by molar-refractivity contribution is 9.10. The van der Waals surface area contributed by atoms with Crippen LogP contribution >= 0.6 is 27.5 Å². The van der Waals surface area contributed by atoms with Crippen molar-refractivity contribution in [3.05, 3.63) is 63.1 Å². The van der Waals surface area contributed by atoms with E-state index >= 15 is 0 Å². The number of carbonyl (C=O) groups excluding carboxylic acids is 1. The second-order valence-corrected chi connectivity index (χ2v) is 6.68. The van der Waals surface area contributed by atoms with Crippen LogP contribution in [-0.2, 0) is 4.79 Å². The van der Waals surface area contributed by atoms with E-state index in [1.54, 1.807) is 18.2 Å². The highest BCUT2D eigenvalue weighted by Gasteiger charge is 2.10. The zero-order valence-electron chi connectivity index (χ0n) is 14.2. The Bertz CT molecular complexity index is 775. The molecule has 0 saturated heterocycles. The first-order valence-corrected chi connectivity index (χ1v) is 8.77. The summed E-state index contributed by atoms with van der Waals surface area (Å²) in [5, 5.41) is 3.34. The number of benzene rings is 2. The molecule has 4 nitrogen and oxygen atoms in total. The zero-order chi connectivity index (χ0) is 18.4. The Kier molecular flexibility index (Phi) is 6.91. The van der Waals surface area contributed by atoms with Crippen molar-refractivity contribution in [1.29, 1.82) is 0 Å². The summed E-state index contributed by atoms with van der Waals surface area (Å²) in [5.74, 6) is 0.786. The lowest BCUT2D eigenvalue weighted by molar-refractivity contribution is -0.117. The number of hydrogen-bond donors (Lipinski definition) is 1. The zero-order valence-corrected chi connectivity index (χ0v) is 16.5. The van der Waals surface area contributed by atoms with E-state index in [2.05, 4.69) is 21.2 Å². The van der Waals surface area contributed by atoms with Crippen molar-refractivity contribution in [2.75, 3.05) is 14.2 Å². The Morgan fingerprint density at radius 1 is 1.20 bits per heavy atom. The summed E-state index contributed by atoms with van der Waals surface area (Å²) in [5.41, 5.74) is 1.77. The van der Waals surface area contributed by atoms with E-state index in [0.29, 0.717) is 16.5 Å². The van der Waals surface area contributed by atoms with Gasteiger partial charge in [0, 0.05) is 10.5 Å². The van der Waals surface area contributed by atoms with E-state index in [1.165, 1.54) is 20.3 Å². The third-order valence-corrected chi connectivity index (χ3v) is 4.42. The molecule has 0 fully saturated rings. The molecule has 0 aromatic heterocycles. The molecule has 0 radical (unpaired) electrons. The van der Waals surface area contributed by atoms with Gasteiger partial charge in [0.15, 0.2) is 11.5 Å². The van der Waals surface area contributed by atoms with Crippen molar-refractivity contribution < 1.29 is 14.3 Å². The Balaban J connectivity index is 2.07. The maximum Gasteiger partial charge on any atom is 0.244 e. The molecule has 1 unspecified atom stereocenters. The minimum atomic E-state index is -0.193. The van der Waals surface area contributed by atoms with Crippen LogP contribution in [0, 0.1) is 0 Å². The van der Waals surface area contributed by atoms with Crippen molar-refractivity contribution >= 4 is 39.5 Å². The fraction of sp³-hybridized carbons (Fsp3) is 0.211. The van der Waals surface area contributed by atoms with Gasteiger partial charge in [-0.3, -0.25) is 4.79 Å². The Morgan fingerprint density at radius 3 is 2.48 bits per heavy atom. The maximum atomic E-state index is 12.1. The van der Waals surface area contributed by atoms with Crippen LogP contribution < -0.4 is 14.8 Å². The molecule has 0 spiro atoms. The van der Waals surface area contributed by atoms with Gasteiger partial charge in [-0.25, -0.2) is 0 Å². The lowest BCUT2D eigenvalue weighted by Crippen LogP contribution is -2.24. The quantitative estimate of drug-likeness (QED) is 0.663. The minimum Gasteiger partial charge on any atom is -0.493 e. The summed E-state index contributed by atoms with van der Waals surface area (Å²) in [6, 6.07) is 11.2. The average Bonchev–Trinajstić information content (AvgIpc) is 2.59. The van der Waals surface area contributed by atoms with Gasteiger partial charge in [0.25, 0.3) is 0 Å². The van der Waals surface area contributed by atoms with Crippen molar-refractivity contribution in [2.24, 2.45) is 0 Å². The highest BCUT2D eigenvalue weighted by Crippen LogP contribution is 2.36. The molecule has 1 amide bonds. The molecule has 2 aromatic carbocycles. The second-order valence-electron chi connectivity index (χ2n) is 5.35. The van der Waals surface area contributed by atoms with E-state index in [0.717, 1.165) is 15.6 Å². The van der Waals surface area contributed by atoms with Gasteiger partial charge in [-0.2, -0.15) is 0 Å². The van der Waals surface area contributed by atoms with Gasteiger partial charge in [0.05, 0.1) is 25.3 Å².